The minimum Gasteiger partial charge on any atom is -0.493 e. The molecule has 4 heteroatoms. The molecule has 0 radical (unpaired) electrons. The first-order valence-electron chi connectivity index (χ1n) is 4.30. The molecule has 0 aliphatic heterocycles. The van der Waals surface area contributed by atoms with Gasteiger partial charge in [-0.15, -0.1) is 0 Å². The summed E-state index contributed by atoms with van der Waals surface area (Å²) in [7, 11) is 4.73. The summed E-state index contributed by atoms with van der Waals surface area (Å²) in [5, 5.41) is 0. The average Bonchev–Trinajstić information content (AvgIpc) is 2.28. The van der Waals surface area contributed by atoms with Crippen LogP contribution in [0.4, 0.5) is 0 Å². The molecule has 1 aromatic carbocycles. The zero-order chi connectivity index (χ0) is 11.4. The van der Waals surface area contributed by atoms with E-state index in [0.29, 0.717) is 17.2 Å². The van der Waals surface area contributed by atoms with Crippen molar-refractivity contribution in [1.82, 2.24) is 0 Å². The van der Waals surface area contributed by atoms with Gasteiger partial charge >= 0.3 is 0 Å². The van der Waals surface area contributed by atoms with Gasteiger partial charge in [-0.3, -0.25) is 0 Å². The lowest BCUT2D eigenvalue weighted by Gasteiger charge is -2.15. The van der Waals surface area contributed by atoms with Crippen LogP contribution in [-0.4, -0.2) is 21.3 Å². The van der Waals surface area contributed by atoms with Gasteiger partial charge in [-0.05, 0) is 27.6 Å². The average molecular weight is 273 g/mol. The number of ether oxygens (including phenoxy) is 3. The fourth-order valence-electron chi connectivity index (χ4n) is 1.29. The van der Waals surface area contributed by atoms with Gasteiger partial charge in [0.1, 0.15) is 0 Å². The van der Waals surface area contributed by atoms with E-state index in [4.69, 9.17) is 14.2 Å². The first kappa shape index (κ1) is 11.9. The molecule has 15 heavy (non-hydrogen) atoms. The Labute approximate surface area is 97.8 Å². The van der Waals surface area contributed by atoms with E-state index in [2.05, 4.69) is 22.5 Å². The summed E-state index contributed by atoms with van der Waals surface area (Å²) >= 11 is 3.42. The van der Waals surface area contributed by atoms with Gasteiger partial charge in [-0.25, -0.2) is 0 Å². The summed E-state index contributed by atoms with van der Waals surface area (Å²) in [6, 6.07) is 1.83. The summed E-state index contributed by atoms with van der Waals surface area (Å²) in [6.45, 7) is 3.72. The van der Waals surface area contributed by atoms with Gasteiger partial charge in [0.2, 0.25) is 5.75 Å². The van der Waals surface area contributed by atoms with E-state index < -0.39 is 0 Å². The third-order valence-corrected chi connectivity index (χ3v) is 2.84. The molecule has 0 amide bonds. The van der Waals surface area contributed by atoms with Gasteiger partial charge < -0.3 is 14.2 Å². The summed E-state index contributed by atoms with van der Waals surface area (Å²) < 4.78 is 16.5. The summed E-state index contributed by atoms with van der Waals surface area (Å²) in [4.78, 5) is 0. The van der Waals surface area contributed by atoms with Crippen LogP contribution in [0.25, 0.3) is 6.08 Å². The highest BCUT2D eigenvalue weighted by molar-refractivity contribution is 9.10. The number of hydrogen-bond donors (Lipinski definition) is 0. The summed E-state index contributed by atoms with van der Waals surface area (Å²) in [6.07, 6.45) is 1.72. The predicted molar refractivity (Wildman–Crippen MR) is 63.9 cm³/mol. The van der Waals surface area contributed by atoms with Crippen LogP contribution in [0.3, 0.4) is 0 Å². The number of methoxy groups -OCH3 is 3. The van der Waals surface area contributed by atoms with Gasteiger partial charge in [0, 0.05) is 0 Å². The van der Waals surface area contributed by atoms with Gasteiger partial charge in [-0.1, -0.05) is 12.7 Å². The van der Waals surface area contributed by atoms with Crippen LogP contribution in [0.15, 0.2) is 17.1 Å². The maximum atomic E-state index is 5.25. The Morgan fingerprint density at radius 2 is 1.73 bits per heavy atom. The first-order valence-corrected chi connectivity index (χ1v) is 5.09. The lowest BCUT2D eigenvalue weighted by molar-refractivity contribution is 0.323. The van der Waals surface area contributed by atoms with Crippen molar-refractivity contribution in [2.24, 2.45) is 0 Å². The van der Waals surface area contributed by atoms with Crippen molar-refractivity contribution in [3.63, 3.8) is 0 Å². The van der Waals surface area contributed by atoms with Crippen LogP contribution in [0.2, 0.25) is 0 Å². The SMILES string of the molecule is C=Cc1cc(OC)c(OC)c(OC)c1Br. The highest BCUT2D eigenvalue weighted by Gasteiger charge is 2.17. The van der Waals surface area contributed by atoms with Gasteiger partial charge in [0.25, 0.3) is 0 Å². The van der Waals surface area contributed by atoms with Crippen LogP contribution >= 0.6 is 15.9 Å². The first-order chi connectivity index (χ1) is 7.19. The van der Waals surface area contributed by atoms with E-state index in [-0.39, 0.29) is 0 Å². The Morgan fingerprint density at radius 1 is 1.13 bits per heavy atom. The zero-order valence-corrected chi connectivity index (χ0v) is 10.6. The molecule has 0 aliphatic rings. The summed E-state index contributed by atoms with van der Waals surface area (Å²) in [5.41, 5.74) is 0.893. The molecule has 0 atom stereocenters. The molecule has 1 rings (SSSR count). The lowest BCUT2D eigenvalue weighted by Crippen LogP contribution is -1.97. The van der Waals surface area contributed by atoms with Crippen molar-refractivity contribution >= 4 is 22.0 Å². The van der Waals surface area contributed by atoms with Crippen molar-refractivity contribution in [3.8, 4) is 17.2 Å². The van der Waals surface area contributed by atoms with Crippen LogP contribution in [-0.2, 0) is 0 Å². The molecule has 0 bridgehead atoms. The lowest BCUT2D eigenvalue weighted by atomic mass is 10.2. The second kappa shape index (κ2) is 5.07. The zero-order valence-electron chi connectivity index (χ0n) is 8.96. The van der Waals surface area contributed by atoms with E-state index in [1.807, 2.05) is 6.07 Å². The minimum absolute atomic E-state index is 0.567. The Balaban J connectivity index is 3.49. The van der Waals surface area contributed by atoms with Crippen LogP contribution in [0.1, 0.15) is 5.56 Å². The Bertz CT molecular complexity index is 375. The topological polar surface area (TPSA) is 27.7 Å². The highest BCUT2D eigenvalue weighted by Crippen LogP contribution is 2.44. The molecule has 0 spiro atoms. The molecule has 3 nitrogen and oxygen atoms in total. The minimum atomic E-state index is 0.567. The standard InChI is InChI=1S/C11H13BrO3/c1-5-7-6-8(13-2)10(14-3)11(15-4)9(7)12/h5-6H,1H2,2-4H3. The smallest absolute Gasteiger partial charge is 0.204 e. The van der Waals surface area contributed by atoms with Crippen molar-refractivity contribution < 1.29 is 14.2 Å². The fourth-order valence-corrected chi connectivity index (χ4v) is 1.91. The second-order valence-corrected chi connectivity index (χ2v) is 3.55. The molecular formula is C11H13BrO3. The maximum absolute atomic E-state index is 5.25. The fraction of sp³-hybridized carbons (Fsp3) is 0.273. The largest absolute Gasteiger partial charge is 0.493 e. The molecule has 0 fully saturated rings. The monoisotopic (exact) mass is 272 g/mol. The second-order valence-electron chi connectivity index (χ2n) is 2.75. The molecule has 82 valence electrons. The van der Waals surface area contributed by atoms with Crippen LogP contribution in [0, 0.1) is 0 Å². The molecular weight excluding hydrogens is 260 g/mol. The molecule has 0 aromatic heterocycles. The van der Waals surface area contributed by atoms with Crippen molar-refractivity contribution in [2.45, 2.75) is 0 Å². The van der Waals surface area contributed by atoms with E-state index in [9.17, 15) is 0 Å². The number of benzene rings is 1. The highest BCUT2D eigenvalue weighted by atomic mass is 79.9. The van der Waals surface area contributed by atoms with Crippen molar-refractivity contribution in [2.75, 3.05) is 21.3 Å². The molecule has 0 saturated heterocycles. The van der Waals surface area contributed by atoms with Crippen LogP contribution < -0.4 is 14.2 Å². The summed E-state index contributed by atoms with van der Waals surface area (Å²) in [5.74, 6) is 1.79. The number of halogens is 1. The Hall–Kier alpha value is -1.16. The van der Waals surface area contributed by atoms with E-state index in [1.165, 1.54) is 0 Å². The third-order valence-electron chi connectivity index (χ3n) is 2.02. The van der Waals surface area contributed by atoms with Gasteiger partial charge in [-0.2, -0.15) is 0 Å². The van der Waals surface area contributed by atoms with E-state index in [0.717, 1.165) is 10.0 Å². The normalized spacial score (nSPS) is 9.60. The maximum Gasteiger partial charge on any atom is 0.204 e. The van der Waals surface area contributed by atoms with Gasteiger partial charge in [0.05, 0.1) is 25.8 Å². The molecule has 0 N–H and O–H groups in total. The molecule has 0 heterocycles. The van der Waals surface area contributed by atoms with Gasteiger partial charge in [0.15, 0.2) is 11.5 Å². The van der Waals surface area contributed by atoms with E-state index in [1.54, 1.807) is 27.4 Å². The van der Waals surface area contributed by atoms with E-state index >= 15 is 0 Å². The molecule has 0 saturated carbocycles. The van der Waals surface area contributed by atoms with Crippen LogP contribution in [0.5, 0.6) is 17.2 Å². The third kappa shape index (κ3) is 2.09. The Kier molecular flexibility index (Phi) is 4.03. The Morgan fingerprint density at radius 3 is 2.13 bits per heavy atom. The molecule has 0 unspecified atom stereocenters. The molecule has 1 aromatic rings. The van der Waals surface area contributed by atoms with Crippen molar-refractivity contribution in [3.05, 3.63) is 22.7 Å². The number of hydrogen-bond acceptors (Lipinski definition) is 3. The predicted octanol–water partition coefficient (Wildman–Crippen LogP) is 3.12. The van der Waals surface area contributed by atoms with Crippen molar-refractivity contribution in [1.29, 1.82) is 0 Å². The number of rotatable bonds is 4. The quantitative estimate of drug-likeness (QED) is 0.843. The molecule has 0 aliphatic carbocycles.